The standard InChI is InChI=1S/C11H9BrClNS2/c1-7-5-15-11(14-7)16-6-8-2-3-9(12)4-10(8)13/h2-5H,6H2,1H3. The molecule has 0 amide bonds. The molecule has 0 saturated heterocycles. The summed E-state index contributed by atoms with van der Waals surface area (Å²) in [6.45, 7) is 2.01. The lowest BCUT2D eigenvalue weighted by molar-refractivity contribution is 1.16. The lowest BCUT2D eigenvalue weighted by atomic mass is 10.2. The van der Waals surface area contributed by atoms with Gasteiger partial charge in [-0.25, -0.2) is 4.98 Å². The Balaban J connectivity index is 2.04. The van der Waals surface area contributed by atoms with Crippen LogP contribution in [0.4, 0.5) is 0 Å². The SMILES string of the molecule is Cc1csc(SCc2ccc(Br)cc2Cl)n1. The lowest BCUT2D eigenvalue weighted by Crippen LogP contribution is -1.82. The molecular weight excluding hydrogens is 326 g/mol. The van der Waals surface area contributed by atoms with Crippen molar-refractivity contribution < 1.29 is 0 Å². The largest absolute Gasteiger partial charge is 0.235 e. The quantitative estimate of drug-likeness (QED) is 0.719. The third-order valence-corrected chi connectivity index (χ3v) is 5.00. The molecule has 0 fully saturated rings. The highest BCUT2D eigenvalue weighted by Crippen LogP contribution is 2.30. The van der Waals surface area contributed by atoms with Gasteiger partial charge in [-0.1, -0.05) is 45.4 Å². The Morgan fingerprint density at radius 2 is 2.31 bits per heavy atom. The van der Waals surface area contributed by atoms with Crippen LogP contribution in [0.15, 0.2) is 32.4 Å². The second-order valence-electron chi connectivity index (χ2n) is 3.28. The minimum absolute atomic E-state index is 0.801. The second-order valence-corrected chi connectivity index (χ2v) is 6.68. The van der Waals surface area contributed by atoms with Gasteiger partial charge in [0.1, 0.15) is 4.34 Å². The van der Waals surface area contributed by atoms with Crippen LogP contribution in [0.1, 0.15) is 11.3 Å². The number of hydrogen-bond acceptors (Lipinski definition) is 3. The number of hydrogen-bond donors (Lipinski definition) is 0. The zero-order valence-electron chi connectivity index (χ0n) is 8.54. The van der Waals surface area contributed by atoms with Crippen molar-refractivity contribution in [1.82, 2.24) is 4.98 Å². The molecule has 0 aliphatic heterocycles. The molecule has 0 atom stereocenters. The Morgan fingerprint density at radius 3 is 2.94 bits per heavy atom. The van der Waals surface area contributed by atoms with Gasteiger partial charge in [-0.3, -0.25) is 0 Å². The van der Waals surface area contributed by atoms with Gasteiger partial charge in [0.05, 0.1) is 0 Å². The van der Waals surface area contributed by atoms with E-state index in [1.54, 1.807) is 23.1 Å². The van der Waals surface area contributed by atoms with E-state index in [0.717, 1.165) is 30.8 Å². The van der Waals surface area contributed by atoms with Crippen molar-refractivity contribution in [3.8, 4) is 0 Å². The molecule has 1 aromatic carbocycles. The molecule has 2 rings (SSSR count). The number of thiazole rings is 1. The number of rotatable bonds is 3. The van der Waals surface area contributed by atoms with Gasteiger partial charge in [-0.2, -0.15) is 0 Å². The maximum absolute atomic E-state index is 6.14. The van der Waals surface area contributed by atoms with Crippen LogP contribution in [0.3, 0.4) is 0 Å². The molecule has 84 valence electrons. The molecule has 0 aliphatic carbocycles. The molecule has 0 spiro atoms. The summed E-state index contributed by atoms with van der Waals surface area (Å²) in [5, 5.41) is 2.86. The van der Waals surface area contributed by atoms with Crippen LogP contribution in [0.25, 0.3) is 0 Å². The third-order valence-electron chi connectivity index (χ3n) is 1.96. The van der Waals surface area contributed by atoms with Gasteiger partial charge >= 0.3 is 0 Å². The molecule has 1 heterocycles. The van der Waals surface area contributed by atoms with Crippen molar-refractivity contribution >= 4 is 50.6 Å². The highest BCUT2D eigenvalue weighted by atomic mass is 79.9. The lowest BCUT2D eigenvalue weighted by Gasteiger charge is -2.02. The monoisotopic (exact) mass is 333 g/mol. The molecule has 0 saturated carbocycles. The average molecular weight is 335 g/mol. The smallest absolute Gasteiger partial charge is 0.150 e. The van der Waals surface area contributed by atoms with E-state index in [1.807, 2.05) is 25.1 Å². The average Bonchev–Trinajstić information content (AvgIpc) is 2.63. The maximum Gasteiger partial charge on any atom is 0.150 e. The fraction of sp³-hybridized carbons (Fsp3) is 0.182. The predicted octanol–water partition coefficient (Wildman–Crippen LogP) is 5.16. The highest BCUT2D eigenvalue weighted by molar-refractivity contribution is 9.10. The van der Waals surface area contributed by atoms with Gasteiger partial charge in [0.15, 0.2) is 0 Å². The summed E-state index contributed by atoms with van der Waals surface area (Å²) in [7, 11) is 0. The van der Waals surface area contributed by atoms with Crippen molar-refractivity contribution in [2.75, 3.05) is 0 Å². The number of benzene rings is 1. The summed E-state index contributed by atoms with van der Waals surface area (Å²) < 4.78 is 2.10. The molecule has 16 heavy (non-hydrogen) atoms. The minimum atomic E-state index is 0.801. The fourth-order valence-electron chi connectivity index (χ4n) is 1.18. The van der Waals surface area contributed by atoms with E-state index in [9.17, 15) is 0 Å². The summed E-state index contributed by atoms with van der Waals surface area (Å²) in [6.07, 6.45) is 0. The van der Waals surface area contributed by atoms with Gasteiger partial charge in [0.25, 0.3) is 0 Å². The van der Waals surface area contributed by atoms with E-state index in [0.29, 0.717) is 0 Å². The predicted molar refractivity (Wildman–Crippen MR) is 75.6 cm³/mol. The van der Waals surface area contributed by atoms with Crippen molar-refractivity contribution in [1.29, 1.82) is 0 Å². The summed E-state index contributed by atoms with van der Waals surface area (Å²) >= 11 is 12.9. The summed E-state index contributed by atoms with van der Waals surface area (Å²) in [6, 6.07) is 5.97. The normalized spacial score (nSPS) is 10.7. The number of aromatic nitrogens is 1. The van der Waals surface area contributed by atoms with Crippen LogP contribution in [0.5, 0.6) is 0 Å². The third kappa shape index (κ3) is 3.23. The Hall–Kier alpha value is -0.0300. The molecule has 2 aromatic rings. The van der Waals surface area contributed by atoms with Crippen LogP contribution in [0.2, 0.25) is 5.02 Å². The molecule has 0 aliphatic rings. The molecule has 0 radical (unpaired) electrons. The van der Waals surface area contributed by atoms with Crippen LogP contribution < -0.4 is 0 Å². The topological polar surface area (TPSA) is 12.9 Å². The van der Waals surface area contributed by atoms with E-state index in [4.69, 9.17) is 11.6 Å². The highest BCUT2D eigenvalue weighted by Gasteiger charge is 2.04. The molecular formula is C11H9BrClNS2. The van der Waals surface area contributed by atoms with E-state index >= 15 is 0 Å². The van der Waals surface area contributed by atoms with Gasteiger partial charge in [0.2, 0.25) is 0 Å². The minimum Gasteiger partial charge on any atom is -0.235 e. The Kier molecular flexibility index (Phi) is 4.30. The first-order chi connectivity index (χ1) is 7.65. The van der Waals surface area contributed by atoms with E-state index in [-0.39, 0.29) is 0 Å². The van der Waals surface area contributed by atoms with Crippen molar-refractivity contribution in [2.24, 2.45) is 0 Å². The zero-order valence-corrected chi connectivity index (χ0v) is 12.5. The Labute approximate surface area is 116 Å². The van der Waals surface area contributed by atoms with Gasteiger partial charge in [-0.05, 0) is 24.6 Å². The van der Waals surface area contributed by atoms with E-state index in [1.165, 1.54) is 0 Å². The van der Waals surface area contributed by atoms with Crippen molar-refractivity contribution in [3.63, 3.8) is 0 Å². The molecule has 0 N–H and O–H groups in total. The maximum atomic E-state index is 6.14. The Morgan fingerprint density at radius 1 is 1.50 bits per heavy atom. The number of thioether (sulfide) groups is 1. The van der Waals surface area contributed by atoms with Crippen LogP contribution in [-0.4, -0.2) is 4.98 Å². The summed E-state index contributed by atoms with van der Waals surface area (Å²) in [5.41, 5.74) is 2.22. The fourth-order valence-corrected chi connectivity index (χ4v) is 3.85. The van der Waals surface area contributed by atoms with Crippen LogP contribution in [-0.2, 0) is 5.75 Å². The molecule has 0 unspecified atom stereocenters. The van der Waals surface area contributed by atoms with Crippen molar-refractivity contribution in [3.05, 3.63) is 44.3 Å². The van der Waals surface area contributed by atoms with E-state index in [2.05, 4.69) is 26.3 Å². The molecule has 1 aromatic heterocycles. The van der Waals surface area contributed by atoms with Crippen molar-refractivity contribution in [2.45, 2.75) is 17.0 Å². The summed E-state index contributed by atoms with van der Waals surface area (Å²) in [5.74, 6) is 0.860. The number of aryl methyl sites for hydroxylation is 1. The zero-order chi connectivity index (χ0) is 11.5. The number of halogens is 2. The first kappa shape index (κ1) is 12.4. The van der Waals surface area contributed by atoms with Gasteiger partial charge in [-0.15, -0.1) is 11.3 Å². The summed E-state index contributed by atoms with van der Waals surface area (Å²) in [4.78, 5) is 4.40. The van der Waals surface area contributed by atoms with E-state index < -0.39 is 0 Å². The molecule has 5 heteroatoms. The van der Waals surface area contributed by atoms with Crippen LogP contribution >= 0.6 is 50.6 Å². The molecule has 1 nitrogen and oxygen atoms in total. The van der Waals surface area contributed by atoms with Crippen LogP contribution in [0, 0.1) is 6.92 Å². The number of nitrogens with zero attached hydrogens (tertiary/aromatic N) is 1. The Bertz CT molecular complexity index is 498. The van der Waals surface area contributed by atoms with Gasteiger partial charge < -0.3 is 0 Å². The first-order valence-electron chi connectivity index (χ1n) is 4.64. The molecule has 0 bridgehead atoms. The first-order valence-corrected chi connectivity index (χ1v) is 7.67. The second kappa shape index (κ2) is 5.54. The van der Waals surface area contributed by atoms with Gasteiger partial charge in [0, 0.05) is 26.3 Å².